The van der Waals surface area contributed by atoms with Gasteiger partial charge in [0.15, 0.2) is 0 Å². The molecule has 2 aromatic rings. The molecule has 5 rings (SSSR count). The van der Waals surface area contributed by atoms with Crippen molar-refractivity contribution in [3.8, 4) is 0 Å². The van der Waals surface area contributed by atoms with Gasteiger partial charge in [-0.25, -0.2) is 0 Å². The molecule has 3 fully saturated rings. The van der Waals surface area contributed by atoms with Gasteiger partial charge in [-0.3, -0.25) is 4.79 Å². The van der Waals surface area contributed by atoms with Crippen LogP contribution in [0.3, 0.4) is 0 Å². The maximum Gasteiger partial charge on any atom is 0.254 e. The van der Waals surface area contributed by atoms with Crippen LogP contribution in [0.4, 0.5) is 0 Å². The van der Waals surface area contributed by atoms with Crippen LogP contribution in [0.5, 0.6) is 0 Å². The summed E-state index contributed by atoms with van der Waals surface area (Å²) in [5.74, 6) is 0.896. The molecule has 0 aromatic heterocycles. The minimum absolute atomic E-state index is 0.103. The fourth-order valence-corrected chi connectivity index (χ4v) is 4.20. The number of benzene rings is 2. The van der Waals surface area contributed by atoms with Gasteiger partial charge in [-0.15, -0.1) is 0 Å². The number of hydrogen-bond donors (Lipinski definition) is 0. The Bertz CT molecular complexity index is 823. The Balaban J connectivity index is 1.22. The predicted molar refractivity (Wildman–Crippen MR) is 100 cm³/mol. The summed E-state index contributed by atoms with van der Waals surface area (Å²) >= 11 is 0. The molecule has 0 radical (unpaired) electrons. The first-order valence-corrected chi connectivity index (χ1v) is 9.74. The molecular formula is C22H25NO3. The third-order valence-electron chi connectivity index (χ3n) is 5.95. The lowest BCUT2D eigenvalue weighted by Gasteiger charge is -2.53. The molecule has 1 unspecified atom stereocenters. The van der Waals surface area contributed by atoms with Crippen LogP contribution in [0.15, 0.2) is 42.5 Å². The van der Waals surface area contributed by atoms with Gasteiger partial charge in [0.25, 0.3) is 5.91 Å². The fourth-order valence-electron chi connectivity index (χ4n) is 4.20. The monoisotopic (exact) mass is 351 g/mol. The molecular weight excluding hydrogens is 326 g/mol. The summed E-state index contributed by atoms with van der Waals surface area (Å²) in [5, 5.41) is 2.27. The molecule has 2 aliphatic heterocycles. The standard InChI is InChI=1S/C22H25NO3/c24-21(19-8-7-17-3-1-2-4-18(17)11-19)23-14-22(15-23)12-20(9-10-26-22)25-13-16-5-6-16/h1-4,7-8,11,16,20H,5-6,9-10,12-15H2. The summed E-state index contributed by atoms with van der Waals surface area (Å²) in [6.07, 6.45) is 4.83. The average Bonchev–Trinajstić information content (AvgIpc) is 3.48. The minimum atomic E-state index is -0.182. The molecule has 1 amide bonds. The van der Waals surface area contributed by atoms with E-state index >= 15 is 0 Å². The quantitative estimate of drug-likeness (QED) is 0.844. The number of rotatable bonds is 4. The lowest BCUT2D eigenvalue weighted by atomic mass is 9.84. The molecule has 1 saturated carbocycles. The second kappa shape index (κ2) is 6.36. The van der Waals surface area contributed by atoms with E-state index in [0.29, 0.717) is 19.2 Å². The molecule has 2 heterocycles. The molecule has 136 valence electrons. The molecule has 1 spiro atoms. The molecule has 2 saturated heterocycles. The molecule has 3 aliphatic rings. The van der Waals surface area contributed by atoms with Gasteiger partial charge in [0.2, 0.25) is 0 Å². The molecule has 0 bridgehead atoms. The Hall–Kier alpha value is -1.91. The van der Waals surface area contributed by atoms with Crippen LogP contribution in [-0.2, 0) is 9.47 Å². The van der Waals surface area contributed by atoms with Crippen molar-refractivity contribution in [3.05, 3.63) is 48.0 Å². The molecule has 1 atom stereocenters. The number of carbonyl (C=O) groups excluding carboxylic acids is 1. The summed E-state index contributed by atoms with van der Waals surface area (Å²) in [6.45, 7) is 3.01. The van der Waals surface area contributed by atoms with Crippen LogP contribution in [0.25, 0.3) is 10.8 Å². The highest BCUT2D eigenvalue weighted by molar-refractivity contribution is 5.99. The maximum absolute atomic E-state index is 12.8. The van der Waals surface area contributed by atoms with Crippen molar-refractivity contribution in [1.29, 1.82) is 0 Å². The topological polar surface area (TPSA) is 38.8 Å². The SMILES string of the molecule is O=C(c1ccc2ccccc2c1)N1CC2(CC(OCC3CC3)CCO2)C1. The summed E-state index contributed by atoms with van der Waals surface area (Å²) < 4.78 is 12.1. The lowest BCUT2D eigenvalue weighted by Crippen LogP contribution is -2.67. The smallest absolute Gasteiger partial charge is 0.254 e. The Morgan fingerprint density at radius 2 is 1.92 bits per heavy atom. The van der Waals surface area contributed by atoms with Crippen molar-refractivity contribution in [2.24, 2.45) is 5.92 Å². The van der Waals surface area contributed by atoms with Gasteiger partial charge in [-0.1, -0.05) is 30.3 Å². The molecule has 1 aliphatic carbocycles. The summed E-state index contributed by atoms with van der Waals surface area (Å²) in [4.78, 5) is 14.8. The van der Waals surface area contributed by atoms with E-state index in [0.717, 1.165) is 48.3 Å². The van der Waals surface area contributed by atoms with Crippen molar-refractivity contribution < 1.29 is 14.3 Å². The first kappa shape index (κ1) is 16.3. The van der Waals surface area contributed by atoms with Crippen LogP contribution in [0, 0.1) is 5.92 Å². The third kappa shape index (κ3) is 3.12. The molecule has 0 N–H and O–H groups in total. The Kier molecular flexibility index (Phi) is 3.98. The number of nitrogens with zero attached hydrogens (tertiary/aromatic N) is 1. The normalized spacial score (nSPS) is 24.6. The van der Waals surface area contributed by atoms with E-state index in [1.54, 1.807) is 0 Å². The van der Waals surface area contributed by atoms with Crippen molar-refractivity contribution in [1.82, 2.24) is 4.90 Å². The van der Waals surface area contributed by atoms with Crippen molar-refractivity contribution in [2.75, 3.05) is 26.3 Å². The van der Waals surface area contributed by atoms with Crippen molar-refractivity contribution in [3.63, 3.8) is 0 Å². The van der Waals surface area contributed by atoms with Crippen molar-refractivity contribution >= 4 is 16.7 Å². The molecule has 4 heteroatoms. The van der Waals surface area contributed by atoms with Crippen LogP contribution >= 0.6 is 0 Å². The Morgan fingerprint density at radius 3 is 2.73 bits per heavy atom. The van der Waals surface area contributed by atoms with E-state index in [2.05, 4.69) is 12.1 Å². The van der Waals surface area contributed by atoms with E-state index < -0.39 is 0 Å². The molecule has 2 aromatic carbocycles. The van der Waals surface area contributed by atoms with E-state index in [9.17, 15) is 4.79 Å². The zero-order valence-electron chi connectivity index (χ0n) is 15.0. The van der Waals surface area contributed by atoms with Crippen LogP contribution in [0.1, 0.15) is 36.0 Å². The predicted octanol–water partition coefficient (Wildman–Crippen LogP) is 3.64. The zero-order valence-corrected chi connectivity index (χ0v) is 15.0. The van der Waals surface area contributed by atoms with Gasteiger partial charge < -0.3 is 14.4 Å². The van der Waals surface area contributed by atoms with Crippen LogP contribution in [0.2, 0.25) is 0 Å². The highest BCUT2D eigenvalue weighted by atomic mass is 16.5. The lowest BCUT2D eigenvalue weighted by molar-refractivity contribution is -0.186. The number of hydrogen-bond acceptors (Lipinski definition) is 3. The van der Waals surface area contributed by atoms with E-state index in [1.165, 1.54) is 12.8 Å². The fraction of sp³-hybridized carbons (Fsp3) is 0.500. The number of ether oxygens (including phenoxy) is 2. The Labute approximate surface area is 154 Å². The molecule has 4 nitrogen and oxygen atoms in total. The van der Waals surface area contributed by atoms with Gasteiger partial charge >= 0.3 is 0 Å². The minimum Gasteiger partial charge on any atom is -0.378 e. The summed E-state index contributed by atoms with van der Waals surface area (Å²) in [5.41, 5.74) is 0.579. The van der Waals surface area contributed by atoms with Gasteiger partial charge in [0.05, 0.1) is 19.2 Å². The van der Waals surface area contributed by atoms with Gasteiger partial charge in [0.1, 0.15) is 5.60 Å². The van der Waals surface area contributed by atoms with Gasteiger partial charge in [-0.05, 0) is 48.1 Å². The Morgan fingerprint density at radius 1 is 1.12 bits per heavy atom. The number of amides is 1. The zero-order chi connectivity index (χ0) is 17.6. The second-order valence-corrected chi connectivity index (χ2v) is 8.15. The largest absolute Gasteiger partial charge is 0.378 e. The first-order valence-electron chi connectivity index (χ1n) is 9.74. The molecule has 26 heavy (non-hydrogen) atoms. The van der Waals surface area contributed by atoms with Gasteiger partial charge in [-0.2, -0.15) is 0 Å². The van der Waals surface area contributed by atoms with Gasteiger partial charge in [0, 0.05) is 25.2 Å². The van der Waals surface area contributed by atoms with E-state index in [4.69, 9.17) is 9.47 Å². The van der Waals surface area contributed by atoms with E-state index in [1.807, 2.05) is 35.2 Å². The third-order valence-corrected chi connectivity index (χ3v) is 5.95. The highest BCUT2D eigenvalue weighted by Gasteiger charge is 2.49. The van der Waals surface area contributed by atoms with E-state index in [-0.39, 0.29) is 11.5 Å². The average molecular weight is 351 g/mol. The number of likely N-dealkylation sites (tertiary alicyclic amines) is 1. The number of fused-ring (bicyclic) bond motifs is 1. The van der Waals surface area contributed by atoms with Crippen LogP contribution < -0.4 is 0 Å². The van der Waals surface area contributed by atoms with Crippen LogP contribution in [-0.4, -0.2) is 48.8 Å². The second-order valence-electron chi connectivity index (χ2n) is 8.15. The van der Waals surface area contributed by atoms with Crippen molar-refractivity contribution in [2.45, 2.75) is 37.4 Å². The summed E-state index contributed by atoms with van der Waals surface area (Å²) in [7, 11) is 0. The first-order chi connectivity index (χ1) is 12.7. The highest BCUT2D eigenvalue weighted by Crippen LogP contribution is 2.37. The maximum atomic E-state index is 12.8. The number of carbonyl (C=O) groups is 1. The summed E-state index contributed by atoms with van der Waals surface area (Å²) in [6, 6.07) is 14.1.